The topological polar surface area (TPSA) is 90.6 Å². The zero-order chi connectivity index (χ0) is 13.1. The number of aromatic nitrogens is 3. The van der Waals surface area contributed by atoms with Crippen LogP contribution in [0, 0.1) is 13.8 Å². The molecule has 18 heavy (non-hydrogen) atoms. The molecular formula is C12H14N4O2. The van der Waals surface area contributed by atoms with Gasteiger partial charge >= 0.3 is 0 Å². The lowest BCUT2D eigenvalue weighted by Gasteiger charge is -2.03. The Kier molecular flexibility index (Phi) is 3.27. The summed E-state index contributed by atoms with van der Waals surface area (Å²) in [5.74, 6) is -0.315. The molecule has 3 N–H and O–H groups in total. The average molecular weight is 246 g/mol. The second-order valence-electron chi connectivity index (χ2n) is 4.09. The van der Waals surface area contributed by atoms with Gasteiger partial charge in [-0.3, -0.25) is 9.59 Å². The second kappa shape index (κ2) is 4.87. The van der Waals surface area contributed by atoms with E-state index in [1.54, 1.807) is 0 Å². The maximum atomic E-state index is 11.7. The molecule has 94 valence electrons. The summed E-state index contributed by atoms with van der Waals surface area (Å²) in [6.45, 7) is 4.34. The summed E-state index contributed by atoms with van der Waals surface area (Å²) in [4.78, 5) is 25.7. The highest BCUT2D eigenvalue weighted by molar-refractivity contribution is 5.91. The molecule has 2 aromatic heterocycles. The molecule has 0 saturated carbocycles. The van der Waals surface area contributed by atoms with E-state index in [0.29, 0.717) is 6.54 Å². The first kappa shape index (κ1) is 12.1. The van der Waals surface area contributed by atoms with Gasteiger partial charge in [-0.25, -0.2) is 5.10 Å². The van der Waals surface area contributed by atoms with Gasteiger partial charge < -0.3 is 10.3 Å². The molecule has 6 nitrogen and oxygen atoms in total. The highest BCUT2D eigenvalue weighted by Crippen LogP contribution is 2.08. The third kappa shape index (κ3) is 2.65. The molecule has 0 aliphatic rings. The Labute approximate surface area is 103 Å². The van der Waals surface area contributed by atoms with Crippen molar-refractivity contribution < 1.29 is 4.79 Å². The fourth-order valence-electron chi connectivity index (χ4n) is 1.70. The monoisotopic (exact) mass is 246 g/mol. The lowest BCUT2D eigenvalue weighted by atomic mass is 10.2. The SMILES string of the molecule is Cc1cc(CNC(=O)c2ccc(=O)[nH]n2)c(C)[nH]1. The number of hydrogen-bond donors (Lipinski definition) is 3. The van der Waals surface area contributed by atoms with Crippen molar-refractivity contribution in [2.75, 3.05) is 0 Å². The summed E-state index contributed by atoms with van der Waals surface area (Å²) in [7, 11) is 0. The molecule has 0 atom stereocenters. The lowest BCUT2D eigenvalue weighted by molar-refractivity contribution is 0.0945. The van der Waals surface area contributed by atoms with E-state index in [1.165, 1.54) is 12.1 Å². The Morgan fingerprint density at radius 2 is 2.17 bits per heavy atom. The van der Waals surface area contributed by atoms with Crippen LogP contribution in [0.1, 0.15) is 27.4 Å². The summed E-state index contributed by atoms with van der Waals surface area (Å²) in [5, 5.41) is 8.63. The first-order valence-electron chi connectivity index (χ1n) is 5.55. The van der Waals surface area contributed by atoms with Gasteiger partial charge in [-0.1, -0.05) is 0 Å². The Balaban J connectivity index is 2.02. The van der Waals surface area contributed by atoms with Crippen LogP contribution in [-0.4, -0.2) is 21.1 Å². The molecule has 0 unspecified atom stereocenters. The van der Waals surface area contributed by atoms with Gasteiger partial charge in [0.2, 0.25) is 0 Å². The molecule has 0 radical (unpaired) electrons. The van der Waals surface area contributed by atoms with Crippen molar-refractivity contribution in [3.05, 3.63) is 51.2 Å². The van der Waals surface area contributed by atoms with Crippen LogP contribution in [0.2, 0.25) is 0 Å². The third-order valence-corrected chi connectivity index (χ3v) is 2.61. The van der Waals surface area contributed by atoms with Crippen LogP contribution in [0.15, 0.2) is 23.0 Å². The number of carbonyl (C=O) groups excluding carboxylic acids is 1. The summed E-state index contributed by atoms with van der Waals surface area (Å²) < 4.78 is 0. The van der Waals surface area contributed by atoms with Gasteiger partial charge in [-0.05, 0) is 31.5 Å². The van der Waals surface area contributed by atoms with Crippen LogP contribution in [0.4, 0.5) is 0 Å². The number of nitrogens with zero attached hydrogens (tertiary/aromatic N) is 1. The Hall–Kier alpha value is -2.37. The van der Waals surface area contributed by atoms with E-state index >= 15 is 0 Å². The van der Waals surface area contributed by atoms with Crippen LogP contribution in [0.5, 0.6) is 0 Å². The number of H-pyrrole nitrogens is 2. The molecule has 2 heterocycles. The van der Waals surface area contributed by atoms with Gasteiger partial charge in [0.25, 0.3) is 11.5 Å². The van der Waals surface area contributed by atoms with E-state index in [1.807, 2.05) is 19.9 Å². The largest absolute Gasteiger partial charge is 0.362 e. The summed E-state index contributed by atoms with van der Waals surface area (Å²) in [5.41, 5.74) is 2.98. The molecule has 0 aromatic carbocycles. The predicted molar refractivity (Wildman–Crippen MR) is 66.3 cm³/mol. The Morgan fingerprint density at radius 1 is 1.39 bits per heavy atom. The molecular weight excluding hydrogens is 232 g/mol. The fraction of sp³-hybridized carbons (Fsp3) is 0.250. The van der Waals surface area contributed by atoms with E-state index in [4.69, 9.17) is 0 Å². The molecule has 1 amide bonds. The highest BCUT2D eigenvalue weighted by Gasteiger charge is 2.08. The van der Waals surface area contributed by atoms with Gasteiger partial charge in [0, 0.05) is 24.0 Å². The molecule has 0 saturated heterocycles. The number of aromatic amines is 2. The normalized spacial score (nSPS) is 10.3. The van der Waals surface area contributed by atoms with Crippen LogP contribution in [-0.2, 0) is 6.54 Å². The van der Waals surface area contributed by atoms with Crippen molar-refractivity contribution in [2.45, 2.75) is 20.4 Å². The number of nitrogens with one attached hydrogen (secondary N) is 3. The van der Waals surface area contributed by atoms with E-state index in [2.05, 4.69) is 20.5 Å². The van der Waals surface area contributed by atoms with E-state index in [-0.39, 0.29) is 17.2 Å². The highest BCUT2D eigenvalue weighted by atomic mass is 16.2. The van der Waals surface area contributed by atoms with E-state index in [9.17, 15) is 9.59 Å². The quantitative estimate of drug-likeness (QED) is 0.742. The van der Waals surface area contributed by atoms with Crippen LogP contribution < -0.4 is 10.9 Å². The maximum absolute atomic E-state index is 11.7. The molecule has 2 rings (SSSR count). The molecule has 0 aliphatic carbocycles. The number of aryl methyl sites for hydroxylation is 2. The number of carbonyl (C=O) groups is 1. The van der Waals surface area contributed by atoms with Crippen LogP contribution in [0.25, 0.3) is 0 Å². The van der Waals surface area contributed by atoms with E-state index in [0.717, 1.165) is 17.0 Å². The van der Waals surface area contributed by atoms with Crippen molar-refractivity contribution in [3.63, 3.8) is 0 Å². The number of rotatable bonds is 3. The van der Waals surface area contributed by atoms with Gasteiger partial charge in [-0.15, -0.1) is 0 Å². The minimum atomic E-state index is -0.330. The standard InChI is InChI=1S/C12H14N4O2/c1-7-5-9(8(2)14-7)6-13-12(18)10-3-4-11(17)16-15-10/h3-5,14H,6H2,1-2H3,(H,13,18)(H,16,17). The molecule has 0 bridgehead atoms. The van der Waals surface area contributed by atoms with Crippen LogP contribution in [0.3, 0.4) is 0 Å². The molecule has 0 aliphatic heterocycles. The van der Waals surface area contributed by atoms with Gasteiger partial charge in [0.1, 0.15) is 5.69 Å². The first-order valence-corrected chi connectivity index (χ1v) is 5.55. The van der Waals surface area contributed by atoms with Gasteiger partial charge in [-0.2, -0.15) is 5.10 Å². The Morgan fingerprint density at radius 3 is 2.72 bits per heavy atom. The number of amides is 1. The minimum Gasteiger partial charge on any atom is -0.362 e. The molecule has 0 fully saturated rings. The molecule has 0 spiro atoms. The first-order chi connectivity index (χ1) is 8.56. The van der Waals surface area contributed by atoms with Crippen molar-refractivity contribution in [2.24, 2.45) is 0 Å². The summed E-state index contributed by atoms with van der Waals surface area (Å²) >= 11 is 0. The summed E-state index contributed by atoms with van der Waals surface area (Å²) in [6, 6.07) is 4.65. The van der Waals surface area contributed by atoms with Crippen LogP contribution >= 0.6 is 0 Å². The Bertz CT molecular complexity index is 607. The van der Waals surface area contributed by atoms with Crippen molar-refractivity contribution in [1.82, 2.24) is 20.5 Å². The zero-order valence-electron chi connectivity index (χ0n) is 10.2. The van der Waals surface area contributed by atoms with Crippen molar-refractivity contribution >= 4 is 5.91 Å². The smallest absolute Gasteiger partial charge is 0.271 e. The fourth-order valence-corrected chi connectivity index (χ4v) is 1.70. The number of hydrogen-bond acceptors (Lipinski definition) is 3. The summed E-state index contributed by atoms with van der Waals surface area (Å²) in [6.07, 6.45) is 0. The lowest BCUT2D eigenvalue weighted by Crippen LogP contribution is -2.25. The third-order valence-electron chi connectivity index (χ3n) is 2.61. The minimum absolute atomic E-state index is 0.194. The zero-order valence-corrected chi connectivity index (χ0v) is 10.2. The average Bonchev–Trinajstić information content (AvgIpc) is 2.66. The van der Waals surface area contributed by atoms with Crippen molar-refractivity contribution in [1.29, 1.82) is 0 Å². The second-order valence-corrected chi connectivity index (χ2v) is 4.09. The molecule has 6 heteroatoms. The predicted octanol–water partition coefficient (Wildman–Crippen LogP) is 0.645. The maximum Gasteiger partial charge on any atom is 0.271 e. The van der Waals surface area contributed by atoms with Gasteiger partial charge in [0.15, 0.2) is 0 Å². The van der Waals surface area contributed by atoms with E-state index < -0.39 is 0 Å². The molecule has 2 aromatic rings. The van der Waals surface area contributed by atoms with Gasteiger partial charge in [0.05, 0.1) is 0 Å². The van der Waals surface area contributed by atoms with Crippen molar-refractivity contribution in [3.8, 4) is 0 Å².